The highest BCUT2D eigenvalue weighted by Crippen LogP contribution is 2.14. The molecule has 0 radical (unpaired) electrons. The molecule has 0 atom stereocenters. The van der Waals surface area contributed by atoms with Crippen LogP contribution >= 0.6 is 11.8 Å². The Morgan fingerprint density at radius 2 is 2.08 bits per heavy atom. The molecule has 0 saturated carbocycles. The van der Waals surface area contributed by atoms with Crippen LogP contribution in [-0.4, -0.2) is 18.5 Å². The van der Waals surface area contributed by atoms with Crippen molar-refractivity contribution in [1.29, 1.82) is 0 Å². The summed E-state index contributed by atoms with van der Waals surface area (Å²) < 4.78 is 0. The van der Waals surface area contributed by atoms with Crippen LogP contribution in [0.15, 0.2) is 29.3 Å². The van der Waals surface area contributed by atoms with E-state index in [-0.39, 0.29) is 0 Å². The number of nitrogens with one attached hydrogen (secondary N) is 1. The quantitative estimate of drug-likeness (QED) is 0.549. The summed E-state index contributed by atoms with van der Waals surface area (Å²) in [5.41, 5.74) is 2.36. The zero-order valence-electron chi connectivity index (χ0n) is 8.16. The van der Waals surface area contributed by atoms with Gasteiger partial charge in [0.05, 0.1) is 0 Å². The van der Waals surface area contributed by atoms with E-state index < -0.39 is 0 Å². The maximum absolute atomic E-state index is 4.11. The summed E-state index contributed by atoms with van der Waals surface area (Å²) in [4.78, 5) is 4.11. The van der Waals surface area contributed by atoms with Crippen molar-refractivity contribution in [2.24, 2.45) is 4.99 Å². The van der Waals surface area contributed by atoms with Gasteiger partial charge in [-0.1, -0.05) is 30.0 Å². The summed E-state index contributed by atoms with van der Waals surface area (Å²) in [7, 11) is 1.79. The average molecular weight is 194 g/mol. The van der Waals surface area contributed by atoms with Crippen molar-refractivity contribution in [3.05, 3.63) is 29.8 Å². The monoisotopic (exact) mass is 194 g/mol. The molecular formula is C10H14N2S. The van der Waals surface area contributed by atoms with Gasteiger partial charge in [0.1, 0.15) is 0 Å². The SMILES string of the molecule is CN=C(Nc1ccccc1C)SC. The van der Waals surface area contributed by atoms with Gasteiger partial charge in [-0.3, -0.25) is 4.99 Å². The molecule has 1 aromatic carbocycles. The van der Waals surface area contributed by atoms with Crippen molar-refractivity contribution >= 4 is 22.6 Å². The van der Waals surface area contributed by atoms with Crippen LogP contribution in [0.5, 0.6) is 0 Å². The van der Waals surface area contributed by atoms with E-state index in [9.17, 15) is 0 Å². The zero-order chi connectivity index (χ0) is 9.68. The lowest BCUT2D eigenvalue weighted by Crippen LogP contribution is -2.07. The van der Waals surface area contributed by atoms with Crippen LogP contribution in [0.1, 0.15) is 5.56 Å². The van der Waals surface area contributed by atoms with E-state index in [0.717, 1.165) is 10.9 Å². The molecule has 0 fully saturated rings. The van der Waals surface area contributed by atoms with Gasteiger partial charge >= 0.3 is 0 Å². The molecule has 1 rings (SSSR count). The van der Waals surface area contributed by atoms with Crippen LogP contribution in [0.4, 0.5) is 5.69 Å². The second kappa shape index (κ2) is 4.92. The molecule has 1 N–H and O–H groups in total. The minimum absolute atomic E-state index is 0.939. The number of para-hydroxylation sites is 1. The van der Waals surface area contributed by atoms with Crippen molar-refractivity contribution in [3.63, 3.8) is 0 Å². The molecule has 3 heteroatoms. The third-order valence-corrected chi connectivity index (χ3v) is 2.45. The van der Waals surface area contributed by atoms with Gasteiger partial charge in [0.15, 0.2) is 5.17 Å². The molecule has 70 valence electrons. The Morgan fingerprint density at radius 1 is 1.38 bits per heavy atom. The lowest BCUT2D eigenvalue weighted by atomic mass is 10.2. The summed E-state index contributed by atoms with van der Waals surface area (Å²) in [6.45, 7) is 2.08. The van der Waals surface area contributed by atoms with E-state index in [2.05, 4.69) is 29.4 Å². The van der Waals surface area contributed by atoms with Gasteiger partial charge in [0.2, 0.25) is 0 Å². The molecule has 0 aliphatic carbocycles. The smallest absolute Gasteiger partial charge is 0.160 e. The van der Waals surface area contributed by atoms with Gasteiger partial charge in [-0.05, 0) is 24.8 Å². The molecule has 0 saturated heterocycles. The van der Waals surface area contributed by atoms with Crippen LogP contribution in [-0.2, 0) is 0 Å². The Balaban J connectivity index is 2.80. The van der Waals surface area contributed by atoms with E-state index in [1.54, 1.807) is 18.8 Å². The normalized spacial score (nSPS) is 11.5. The van der Waals surface area contributed by atoms with Gasteiger partial charge in [-0.15, -0.1) is 0 Å². The first kappa shape index (κ1) is 10.1. The third-order valence-electron chi connectivity index (χ3n) is 1.78. The molecule has 0 aromatic heterocycles. The standard InChI is InChI=1S/C10H14N2S/c1-8-6-4-5-7-9(8)12-10(11-2)13-3/h4-7H,1-3H3,(H,11,12). The second-order valence-corrected chi connectivity index (χ2v) is 3.47. The minimum atomic E-state index is 0.939. The van der Waals surface area contributed by atoms with Gasteiger partial charge in [-0.25, -0.2) is 0 Å². The minimum Gasteiger partial charge on any atom is -0.335 e. The predicted molar refractivity (Wildman–Crippen MR) is 61.7 cm³/mol. The Labute approximate surface area is 83.5 Å². The molecular weight excluding hydrogens is 180 g/mol. The average Bonchev–Trinajstić information content (AvgIpc) is 2.17. The molecule has 2 nitrogen and oxygen atoms in total. The van der Waals surface area contributed by atoms with Crippen molar-refractivity contribution < 1.29 is 0 Å². The zero-order valence-corrected chi connectivity index (χ0v) is 8.98. The molecule has 0 aliphatic rings. The highest BCUT2D eigenvalue weighted by molar-refractivity contribution is 8.13. The number of aryl methyl sites for hydroxylation is 1. The summed E-state index contributed by atoms with van der Waals surface area (Å²) >= 11 is 1.61. The maximum Gasteiger partial charge on any atom is 0.160 e. The summed E-state index contributed by atoms with van der Waals surface area (Å²) in [6.07, 6.45) is 2.01. The third kappa shape index (κ3) is 2.77. The van der Waals surface area contributed by atoms with Crippen LogP contribution in [0, 0.1) is 6.92 Å². The fourth-order valence-corrected chi connectivity index (χ4v) is 1.42. The molecule has 13 heavy (non-hydrogen) atoms. The molecule has 0 aliphatic heterocycles. The molecule has 0 unspecified atom stereocenters. The van der Waals surface area contributed by atoms with Crippen LogP contribution in [0.3, 0.4) is 0 Å². The van der Waals surface area contributed by atoms with E-state index >= 15 is 0 Å². The molecule has 0 amide bonds. The fourth-order valence-electron chi connectivity index (χ4n) is 1.03. The number of hydrogen-bond acceptors (Lipinski definition) is 2. The molecule has 1 aromatic rings. The fraction of sp³-hybridized carbons (Fsp3) is 0.300. The molecule has 0 bridgehead atoms. The summed E-state index contributed by atoms with van der Waals surface area (Å²) in [6, 6.07) is 8.18. The first-order valence-electron chi connectivity index (χ1n) is 4.11. The van der Waals surface area contributed by atoms with E-state index in [1.165, 1.54) is 5.56 Å². The number of rotatable bonds is 1. The lowest BCUT2D eigenvalue weighted by molar-refractivity contribution is 1.42. The van der Waals surface area contributed by atoms with E-state index in [4.69, 9.17) is 0 Å². The van der Waals surface area contributed by atoms with Crippen molar-refractivity contribution in [3.8, 4) is 0 Å². The van der Waals surface area contributed by atoms with Gasteiger partial charge < -0.3 is 5.32 Å². The lowest BCUT2D eigenvalue weighted by Gasteiger charge is -2.08. The highest BCUT2D eigenvalue weighted by atomic mass is 32.2. The van der Waals surface area contributed by atoms with E-state index in [1.807, 2.05) is 18.4 Å². The van der Waals surface area contributed by atoms with Crippen molar-refractivity contribution in [2.45, 2.75) is 6.92 Å². The molecule has 0 spiro atoms. The van der Waals surface area contributed by atoms with Crippen LogP contribution < -0.4 is 5.32 Å². The maximum atomic E-state index is 4.11. The largest absolute Gasteiger partial charge is 0.335 e. The van der Waals surface area contributed by atoms with Gasteiger partial charge in [0.25, 0.3) is 0 Å². The number of aliphatic imine (C=N–C) groups is 1. The highest BCUT2D eigenvalue weighted by Gasteiger charge is 1.98. The van der Waals surface area contributed by atoms with Crippen molar-refractivity contribution in [2.75, 3.05) is 18.6 Å². The predicted octanol–water partition coefficient (Wildman–Crippen LogP) is 2.76. The number of benzene rings is 1. The first-order valence-corrected chi connectivity index (χ1v) is 5.34. The topological polar surface area (TPSA) is 24.4 Å². The molecule has 0 heterocycles. The second-order valence-electron chi connectivity index (χ2n) is 2.67. The van der Waals surface area contributed by atoms with Crippen LogP contribution in [0.2, 0.25) is 0 Å². The van der Waals surface area contributed by atoms with Gasteiger partial charge in [0, 0.05) is 12.7 Å². The number of hydrogen-bond donors (Lipinski definition) is 1. The van der Waals surface area contributed by atoms with E-state index in [0.29, 0.717) is 0 Å². The van der Waals surface area contributed by atoms with Crippen LogP contribution in [0.25, 0.3) is 0 Å². The Bertz CT molecular complexity index is 308. The number of thioether (sulfide) groups is 1. The number of nitrogens with zero attached hydrogens (tertiary/aromatic N) is 1. The first-order chi connectivity index (χ1) is 6.27. The number of anilines is 1. The van der Waals surface area contributed by atoms with Gasteiger partial charge in [-0.2, -0.15) is 0 Å². The summed E-state index contributed by atoms with van der Waals surface area (Å²) in [5, 5.41) is 4.20. The number of amidine groups is 1. The Hall–Kier alpha value is -0.960. The Kier molecular flexibility index (Phi) is 3.83. The Morgan fingerprint density at radius 3 is 2.62 bits per heavy atom. The van der Waals surface area contributed by atoms with Crippen molar-refractivity contribution in [1.82, 2.24) is 0 Å². The summed E-state index contributed by atoms with van der Waals surface area (Å²) in [5.74, 6) is 0.